The standard InChI is InChI=1S/C19H23ClN2O4S2/c1-5-16(19(23)21-14-7-6-8-15(12-14)27-3)22(28(4,24)25)17-11-13(20)9-10-18(17)26-2/h6-12,16H,5H2,1-4H3,(H,21,23)/t16-/m0/s1. The van der Waals surface area contributed by atoms with Crippen LogP contribution in [-0.2, 0) is 14.8 Å². The average molecular weight is 443 g/mol. The summed E-state index contributed by atoms with van der Waals surface area (Å²) in [6.45, 7) is 1.75. The molecule has 152 valence electrons. The van der Waals surface area contributed by atoms with E-state index in [4.69, 9.17) is 16.3 Å². The minimum absolute atomic E-state index is 0.220. The topological polar surface area (TPSA) is 75.7 Å². The van der Waals surface area contributed by atoms with Gasteiger partial charge in [0.05, 0.1) is 19.1 Å². The van der Waals surface area contributed by atoms with E-state index in [9.17, 15) is 13.2 Å². The highest BCUT2D eigenvalue weighted by Gasteiger charge is 2.33. The van der Waals surface area contributed by atoms with Crippen LogP contribution in [0.1, 0.15) is 13.3 Å². The first-order valence-electron chi connectivity index (χ1n) is 8.49. The van der Waals surface area contributed by atoms with Gasteiger partial charge in [-0.05, 0) is 49.1 Å². The van der Waals surface area contributed by atoms with Crippen molar-refractivity contribution in [2.24, 2.45) is 0 Å². The van der Waals surface area contributed by atoms with E-state index >= 15 is 0 Å². The number of carbonyl (C=O) groups excluding carboxylic acids is 1. The third kappa shape index (κ3) is 5.33. The van der Waals surface area contributed by atoms with Crippen molar-refractivity contribution in [3.8, 4) is 5.75 Å². The summed E-state index contributed by atoms with van der Waals surface area (Å²) >= 11 is 7.63. The molecule has 0 aliphatic heterocycles. The Labute approximate surface area is 175 Å². The van der Waals surface area contributed by atoms with Gasteiger partial charge in [0, 0.05) is 15.6 Å². The monoisotopic (exact) mass is 442 g/mol. The molecule has 0 fully saturated rings. The Bertz CT molecular complexity index is 951. The number of nitrogens with one attached hydrogen (secondary N) is 1. The molecule has 2 aromatic rings. The quantitative estimate of drug-likeness (QED) is 0.618. The second kappa shape index (κ2) is 9.54. The van der Waals surface area contributed by atoms with Gasteiger partial charge >= 0.3 is 0 Å². The molecule has 1 atom stereocenters. The first-order chi connectivity index (χ1) is 13.2. The molecule has 2 rings (SSSR count). The van der Waals surface area contributed by atoms with Crippen LogP contribution >= 0.6 is 23.4 Å². The Balaban J connectivity index is 2.46. The predicted molar refractivity (Wildman–Crippen MR) is 116 cm³/mol. The predicted octanol–water partition coefficient (Wildman–Crippen LogP) is 4.25. The number of hydrogen-bond donors (Lipinski definition) is 1. The lowest BCUT2D eigenvalue weighted by atomic mass is 10.1. The van der Waals surface area contributed by atoms with Gasteiger partial charge in [0.25, 0.3) is 0 Å². The molecule has 1 amide bonds. The molecule has 0 aromatic heterocycles. The zero-order chi connectivity index (χ0) is 20.9. The van der Waals surface area contributed by atoms with Crippen molar-refractivity contribution in [2.45, 2.75) is 24.3 Å². The van der Waals surface area contributed by atoms with Gasteiger partial charge in [0.15, 0.2) is 0 Å². The van der Waals surface area contributed by atoms with Gasteiger partial charge in [-0.15, -0.1) is 11.8 Å². The zero-order valence-corrected chi connectivity index (χ0v) is 18.5. The highest BCUT2D eigenvalue weighted by molar-refractivity contribution is 7.98. The van der Waals surface area contributed by atoms with Crippen molar-refractivity contribution < 1.29 is 17.9 Å². The van der Waals surface area contributed by atoms with E-state index in [1.54, 1.807) is 36.9 Å². The van der Waals surface area contributed by atoms with E-state index in [1.165, 1.54) is 13.2 Å². The fraction of sp³-hybridized carbons (Fsp3) is 0.316. The molecule has 0 heterocycles. The van der Waals surface area contributed by atoms with Crippen LogP contribution in [0.15, 0.2) is 47.4 Å². The normalized spacial score (nSPS) is 12.3. The van der Waals surface area contributed by atoms with Crippen molar-refractivity contribution in [3.05, 3.63) is 47.5 Å². The molecule has 0 spiro atoms. The number of methoxy groups -OCH3 is 1. The number of carbonyl (C=O) groups is 1. The molecular weight excluding hydrogens is 420 g/mol. The first-order valence-corrected chi connectivity index (χ1v) is 11.9. The number of nitrogens with zero attached hydrogens (tertiary/aromatic N) is 1. The highest BCUT2D eigenvalue weighted by Crippen LogP contribution is 2.35. The third-order valence-electron chi connectivity index (χ3n) is 4.05. The maximum absolute atomic E-state index is 13.0. The van der Waals surface area contributed by atoms with Crippen LogP contribution in [0.2, 0.25) is 5.02 Å². The molecular formula is C19H23ClN2O4S2. The van der Waals surface area contributed by atoms with Crippen LogP contribution in [0.25, 0.3) is 0 Å². The number of ether oxygens (including phenoxy) is 1. The van der Waals surface area contributed by atoms with Crippen LogP contribution in [0, 0.1) is 0 Å². The maximum Gasteiger partial charge on any atom is 0.248 e. The molecule has 9 heteroatoms. The lowest BCUT2D eigenvalue weighted by molar-refractivity contribution is -0.117. The third-order valence-corrected chi connectivity index (χ3v) is 6.17. The van der Waals surface area contributed by atoms with Crippen molar-refractivity contribution >= 4 is 50.7 Å². The smallest absolute Gasteiger partial charge is 0.248 e. The van der Waals surface area contributed by atoms with Crippen molar-refractivity contribution in [1.82, 2.24) is 0 Å². The van der Waals surface area contributed by atoms with Crippen LogP contribution in [-0.4, -0.2) is 40.0 Å². The molecule has 0 saturated carbocycles. The highest BCUT2D eigenvalue weighted by atomic mass is 35.5. The molecule has 0 saturated heterocycles. The van der Waals surface area contributed by atoms with Gasteiger partial charge in [-0.25, -0.2) is 8.42 Å². The van der Waals surface area contributed by atoms with Gasteiger partial charge in [0.1, 0.15) is 11.8 Å². The summed E-state index contributed by atoms with van der Waals surface area (Å²) in [6.07, 6.45) is 3.25. The number of halogens is 1. The summed E-state index contributed by atoms with van der Waals surface area (Å²) in [5, 5.41) is 3.15. The van der Waals surface area contributed by atoms with Gasteiger partial charge in [0.2, 0.25) is 15.9 Å². The van der Waals surface area contributed by atoms with Gasteiger partial charge in [-0.2, -0.15) is 0 Å². The molecule has 1 N–H and O–H groups in total. The molecule has 0 aliphatic carbocycles. The first kappa shape index (κ1) is 22.4. The minimum Gasteiger partial charge on any atom is -0.495 e. The van der Waals surface area contributed by atoms with Crippen LogP contribution < -0.4 is 14.4 Å². The van der Waals surface area contributed by atoms with Gasteiger partial charge < -0.3 is 10.1 Å². The van der Waals surface area contributed by atoms with Gasteiger partial charge in [-0.1, -0.05) is 24.6 Å². The van der Waals surface area contributed by atoms with E-state index in [-0.39, 0.29) is 12.1 Å². The molecule has 2 aromatic carbocycles. The SMILES string of the molecule is CC[C@@H](C(=O)Nc1cccc(SC)c1)N(c1cc(Cl)ccc1OC)S(C)(=O)=O. The molecule has 0 radical (unpaired) electrons. The van der Waals surface area contributed by atoms with E-state index in [0.29, 0.717) is 16.5 Å². The van der Waals surface area contributed by atoms with Crippen molar-refractivity contribution in [2.75, 3.05) is 29.2 Å². The number of sulfonamides is 1. The second-order valence-electron chi connectivity index (χ2n) is 6.02. The number of hydrogen-bond acceptors (Lipinski definition) is 5. The number of benzene rings is 2. The minimum atomic E-state index is -3.80. The van der Waals surface area contributed by atoms with Crippen molar-refractivity contribution in [1.29, 1.82) is 0 Å². The molecule has 0 unspecified atom stereocenters. The number of rotatable bonds is 8. The summed E-state index contributed by atoms with van der Waals surface area (Å²) in [4.78, 5) is 14.0. The van der Waals surface area contributed by atoms with Gasteiger partial charge in [-0.3, -0.25) is 9.10 Å². The molecule has 28 heavy (non-hydrogen) atoms. The summed E-state index contributed by atoms with van der Waals surface area (Å²) in [7, 11) is -2.37. The van der Waals surface area contributed by atoms with Crippen molar-refractivity contribution in [3.63, 3.8) is 0 Å². The molecule has 6 nitrogen and oxygen atoms in total. The number of amides is 1. The molecule has 0 bridgehead atoms. The second-order valence-corrected chi connectivity index (χ2v) is 9.20. The Morgan fingerprint density at radius 2 is 2.00 bits per heavy atom. The van der Waals surface area contributed by atoms with Crippen LogP contribution in [0.4, 0.5) is 11.4 Å². The Hall–Kier alpha value is -1.90. The van der Waals surface area contributed by atoms with E-state index < -0.39 is 22.0 Å². The maximum atomic E-state index is 13.0. The lowest BCUT2D eigenvalue weighted by Gasteiger charge is -2.31. The Kier molecular flexibility index (Phi) is 7.63. The number of thioether (sulfide) groups is 1. The van der Waals surface area contributed by atoms with Crippen LogP contribution in [0.3, 0.4) is 0 Å². The Morgan fingerprint density at radius 1 is 1.29 bits per heavy atom. The number of anilines is 2. The summed E-state index contributed by atoms with van der Waals surface area (Å²) in [6, 6.07) is 11.0. The fourth-order valence-electron chi connectivity index (χ4n) is 2.80. The van der Waals surface area contributed by atoms with E-state index in [1.807, 2.05) is 24.5 Å². The largest absolute Gasteiger partial charge is 0.495 e. The fourth-order valence-corrected chi connectivity index (χ4v) is 4.63. The van der Waals surface area contributed by atoms with E-state index in [0.717, 1.165) is 15.5 Å². The molecule has 0 aliphatic rings. The van der Waals surface area contributed by atoms with Crippen LogP contribution in [0.5, 0.6) is 5.75 Å². The Morgan fingerprint density at radius 3 is 2.57 bits per heavy atom. The van der Waals surface area contributed by atoms with E-state index in [2.05, 4.69) is 5.32 Å². The average Bonchev–Trinajstić information content (AvgIpc) is 2.64. The summed E-state index contributed by atoms with van der Waals surface area (Å²) < 4.78 is 31.6. The summed E-state index contributed by atoms with van der Waals surface area (Å²) in [5.41, 5.74) is 0.819. The lowest BCUT2D eigenvalue weighted by Crippen LogP contribution is -2.47. The summed E-state index contributed by atoms with van der Waals surface area (Å²) in [5.74, 6) is -0.126. The zero-order valence-electron chi connectivity index (χ0n) is 16.1.